The number of para-hydroxylation sites is 2. The fourth-order valence-electron chi connectivity index (χ4n) is 3.53. The normalized spacial score (nSPS) is 15.9. The lowest BCUT2D eigenvalue weighted by atomic mass is 10.2. The first-order chi connectivity index (χ1) is 14.9. The van der Waals surface area contributed by atoms with Gasteiger partial charge in [-0.3, -0.25) is 4.90 Å². The van der Waals surface area contributed by atoms with Crippen LogP contribution in [0.2, 0.25) is 0 Å². The van der Waals surface area contributed by atoms with Crippen molar-refractivity contribution in [2.45, 2.75) is 10.4 Å². The molecule has 4 heteroatoms. The van der Waals surface area contributed by atoms with Gasteiger partial charge in [0.2, 0.25) is 0 Å². The molecule has 4 aromatic rings. The van der Waals surface area contributed by atoms with Crippen molar-refractivity contribution in [3.05, 3.63) is 127 Å². The van der Waals surface area contributed by atoms with Crippen LogP contribution in [0.3, 0.4) is 0 Å². The highest BCUT2D eigenvalue weighted by Gasteiger charge is 2.37. The van der Waals surface area contributed by atoms with E-state index in [0.29, 0.717) is 0 Å². The number of anilines is 2. The zero-order valence-electron chi connectivity index (χ0n) is 16.4. The Morgan fingerprint density at radius 1 is 0.567 bits per heavy atom. The zero-order valence-corrected chi connectivity index (χ0v) is 17.2. The molecule has 0 bridgehead atoms. The molecule has 3 nitrogen and oxygen atoms in total. The molecule has 0 radical (unpaired) electrons. The molecule has 1 atom stereocenters. The topological polar surface area (TPSA) is 18.8 Å². The summed E-state index contributed by atoms with van der Waals surface area (Å²) in [5, 5.41) is 7.24. The van der Waals surface area contributed by atoms with Crippen molar-refractivity contribution in [3.63, 3.8) is 0 Å². The lowest BCUT2D eigenvalue weighted by Crippen LogP contribution is -2.40. The number of amidine groups is 1. The standard InChI is InChI=1S/C26H21N3S/c1-5-13-21(14-6-1)25-27-29(23-17-9-3-10-18-23)26(30-24-19-11-4-12-20-24)28(25)22-15-7-2-8-16-22/h1-20,26H. The van der Waals surface area contributed by atoms with E-state index in [9.17, 15) is 0 Å². The van der Waals surface area contributed by atoms with Crippen molar-refractivity contribution >= 4 is 29.0 Å². The van der Waals surface area contributed by atoms with Crippen LogP contribution >= 0.6 is 11.8 Å². The second kappa shape index (κ2) is 8.47. The quantitative estimate of drug-likeness (QED) is 0.379. The molecule has 146 valence electrons. The molecule has 0 aromatic heterocycles. The van der Waals surface area contributed by atoms with Gasteiger partial charge in [0.1, 0.15) is 0 Å². The first-order valence-corrected chi connectivity index (χ1v) is 10.8. The molecular weight excluding hydrogens is 386 g/mol. The molecule has 1 aliphatic heterocycles. The highest BCUT2D eigenvalue weighted by molar-refractivity contribution is 8.00. The van der Waals surface area contributed by atoms with Crippen molar-refractivity contribution in [1.29, 1.82) is 0 Å². The molecule has 30 heavy (non-hydrogen) atoms. The van der Waals surface area contributed by atoms with Gasteiger partial charge in [-0.25, -0.2) is 5.01 Å². The van der Waals surface area contributed by atoms with Crippen LogP contribution in [-0.2, 0) is 0 Å². The van der Waals surface area contributed by atoms with Gasteiger partial charge >= 0.3 is 0 Å². The summed E-state index contributed by atoms with van der Waals surface area (Å²) in [4.78, 5) is 3.52. The van der Waals surface area contributed by atoms with Crippen molar-refractivity contribution in [2.75, 3.05) is 9.91 Å². The summed E-state index contributed by atoms with van der Waals surface area (Å²) >= 11 is 1.79. The highest BCUT2D eigenvalue weighted by Crippen LogP contribution is 2.39. The SMILES string of the molecule is c1ccc(SC2N(c3ccccc3)N=C(c3ccccc3)N2c2ccccc2)cc1. The Hall–Kier alpha value is -3.50. The third-order valence-electron chi connectivity index (χ3n) is 4.93. The first-order valence-electron chi connectivity index (χ1n) is 9.94. The number of thioether (sulfide) groups is 1. The Bertz CT molecular complexity index is 1120. The summed E-state index contributed by atoms with van der Waals surface area (Å²) in [6, 6.07) is 41.8. The molecular formula is C26H21N3S. The van der Waals surface area contributed by atoms with E-state index in [1.54, 1.807) is 11.8 Å². The van der Waals surface area contributed by atoms with Crippen molar-refractivity contribution in [2.24, 2.45) is 5.10 Å². The number of nitrogens with zero attached hydrogens (tertiary/aromatic N) is 3. The predicted octanol–water partition coefficient (Wildman–Crippen LogP) is 6.45. The molecule has 1 aliphatic rings. The van der Waals surface area contributed by atoms with Crippen molar-refractivity contribution in [1.82, 2.24) is 0 Å². The second-order valence-corrected chi connectivity index (χ2v) is 8.06. The van der Waals surface area contributed by atoms with Crippen LogP contribution in [0.5, 0.6) is 0 Å². The number of hydrogen-bond acceptors (Lipinski definition) is 4. The van der Waals surface area contributed by atoms with Gasteiger partial charge in [0.15, 0.2) is 11.3 Å². The highest BCUT2D eigenvalue weighted by atomic mass is 32.2. The molecule has 5 rings (SSSR count). The van der Waals surface area contributed by atoms with E-state index in [1.165, 1.54) is 4.90 Å². The summed E-state index contributed by atoms with van der Waals surface area (Å²) in [5.41, 5.74) is 3.23. The average Bonchev–Trinajstić information content (AvgIpc) is 3.20. The largest absolute Gasteiger partial charge is 0.292 e. The minimum atomic E-state index is -0.0487. The summed E-state index contributed by atoms with van der Waals surface area (Å²) in [5.74, 6) is 0.944. The van der Waals surface area contributed by atoms with Gasteiger partial charge < -0.3 is 0 Å². The van der Waals surface area contributed by atoms with Gasteiger partial charge in [-0.1, -0.05) is 96.7 Å². The van der Waals surface area contributed by atoms with Crippen LogP contribution in [0.4, 0.5) is 11.4 Å². The average molecular weight is 408 g/mol. The van der Waals surface area contributed by atoms with Gasteiger partial charge in [-0.05, 0) is 36.4 Å². The van der Waals surface area contributed by atoms with Gasteiger partial charge in [-0.15, -0.1) is 0 Å². The third-order valence-corrected chi connectivity index (χ3v) is 6.10. The molecule has 0 N–H and O–H groups in total. The Morgan fingerprint density at radius 2 is 1.07 bits per heavy atom. The number of rotatable bonds is 5. The third kappa shape index (κ3) is 3.70. The fourth-order valence-corrected chi connectivity index (χ4v) is 4.68. The minimum Gasteiger partial charge on any atom is -0.292 e. The Balaban J connectivity index is 1.65. The second-order valence-electron chi connectivity index (χ2n) is 6.93. The molecule has 0 aliphatic carbocycles. The molecule has 1 heterocycles. The predicted molar refractivity (Wildman–Crippen MR) is 127 cm³/mol. The summed E-state index contributed by atoms with van der Waals surface area (Å²) in [6.07, 6.45) is 0. The lowest BCUT2D eigenvalue weighted by Gasteiger charge is -2.31. The van der Waals surface area contributed by atoms with E-state index < -0.39 is 0 Å². The van der Waals surface area contributed by atoms with E-state index in [2.05, 4.69) is 113 Å². The lowest BCUT2D eigenvalue weighted by molar-refractivity contribution is 0.857. The van der Waals surface area contributed by atoms with Gasteiger partial charge in [0.05, 0.1) is 5.69 Å². The fraction of sp³-hybridized carbons (Fsp3) is 0.0385. The molecule has 0 amide bonds. The van der Waals surface area contributed by atoms with E-state index >= 15 is 0 Å². The van der Waals surface area contributed by atoms with Crippen LogP contribution < -0.4 is 9.91 Å². The molecule has 4 aromatic carbocycles. The Labute approximate surface area is 181 Å². The summed E-state index contributed by atoms with van der Waals surface area (Å²) < 4.78 is 0. The van der Waals surface area contributed by atoms with Crippen molar-refractivity contribution < 1.29 is 0 Å². The summed E-state index contributed by atoms with van der Waals surface area (Å²) in [6.45, 7) is 0. The van der Waals surface area contributed by atoms with Gasteiger partial charge in [0, 0.05) is 16.1 Å². The van der Waals surface area contributed by atoms with Crippen LogP contribution in [-0.4, -0.2) is 11.3 Å². The Morgan fingerprint density at radius 3 is 1.67 bits per heavy atom. The number of hydrogen-bond donors (Lipinski definition) is 0. The first kappa shape index (κ1) is 18.5. The van der Waals surface area contributed by atoms with E-state index in [-0.39, 0.29) is 5.50 Å². The van der Waals surface area contributed by atoms with Crippen molar-refractivity contribution in [3.8, 4) is 0 Å². The maximum absolute atomic E-state index is 5.12. The maximum Gasteiger partial charge on any atom is 0.181 e. The number of benzene rings is 4. The van der Waals surface area contributed by atoms with Crippen LogP contribution in [0.25, 0.3) is 0 Å². The van der Waals surface area contributed by atoms with Gasteiger partial charge in [0.25, 0.3) is 0 Å². The Kier molecular flexibility index (Phi) is 5.23. The molecule has 1 unspecified atom stereocenters. The molecule has 0 saturated carbocycles. The van der Waals surface area contributed by atoms with Crippen LogP contribution in [0.15, 0.2) is 131 Å². The molecule has 0 fully saturated rings. The van der Waals surface area contributed by atoms with E-state index in [0.717, 1.165) is 22.8 Å². The van der Waals surface area contributed by atoms with E-state index in [1.807, 2.05) is 18.2 Å². The van der Waals surface area contributed by atoms with E-state index in [4.69, 9.17) is 5.10 Å². The number of hydrazone groups is 1. The smallest absolute Gasteiger partial charge is 0.181 e. The monoisotopic (exact) mass is 407 g/mol. The minimum absolute atomic E-state index is 0.0487. The summed E-state index contributed by atoms with van der Waals surface area (Å²) in [7, 11) is 0. The molecule has 0 spiro atoms. The van der Waals surface area contributed by atoms with Gasteiger partial charge in [-0.2, -0.15) is 5.10 Å². The zero-order chi connectivity index (χ0) is 20.2. The van der Waals surface area contributed by atoms with Crippen LogP contribution in [0, 0.1) is 0 Å². The maximum atomic E-state index is 5.12. The van der Waals surface area contributed by atoms with Crippen LogP contribution in [0.1, 0.15) is 5.56 Å². The molecule has 0 saturated heterocycles.